The number of nitrogens with two attached hydrogens (primary N) is 2. The third kappa shape index (κ3) is 17.4. The van der Waals surface area contributed by atoms with Crippen molar-refractivity contribution in [2.75, 3.05) is 37.9 Å². The zero-order valence-electron chi connectivity index (χ0n) is 40.2. The van der Waals surface area contributed by atoms with Crippen molar-refractivity contribution in [2.45, 2.75) is 76.8 Å². The van der Waals surface area contributed by atoms with Crippen molar-refractivity contribution in [1.82, 2.24) is 0 Å². The summed E-state index contributed by atoms with van der Waals surface area (Å²) in [4.78, 5) is 52.4. The molecule has 3 aliphatic rings. The normalized spacial score (nSPS) is 15.5. The first kappa shape index (κ1) is 53.8. The molecular formula is C57H56F2N4O10. The first-order valence-electron chi connectivity index (χ1n) is 23.8. The van der Waals surface area contributed by atoms with Gasteiger partial charge >= 0.3 is 23.9 Å². The molecule has 0 spiro atoms. The predicted molar refractivity (Wildman–Crippen MR) is 267 cm³/mol. The molecule has 0 aliphatic heterocycles. The van der Waals surface area contributed by atoms with E-state index in [0.717, 1.165) is 28.3 Å². The Labute approximate surface area is 422 Å². The van der Waals surface area contributed by atoms with Gasteiger partial charge in [-0.2, -0.15) is 10.5 Å². The molecule has 0 fully saturated rings. The highest BCUT2D eigenvalue weighted by molar-refractivity contribution is 5.91. The monoisotopic (exact) mass is 994 g/mol. The van der Waals surface area contributed by atoms with Gasteiger partial charge in [-0.1, -0.05) is 48.6 Å². The van der Waals surface area contributed by atoms with Crippen LogP contribution in [-0.4, -0.2) is 56.5 Å². The third-order valence-electron chi connectivity index (χ3n) is 11.7. The molecule has 0 saturated heterocycles. The van der Waals surface area contributed by atoms with Crippen molar-refractivity contribution in [1.29, 1.82) is 10.5 Å². The van der Waals surface area contributed by atoms with E-state index >= 15 is 0 Å². The number of unbranched alkanes of at least 4 members (excludes halogenated alkanes) is 2. The molecule has 4 N–H and O–H groups in total. The van der Waals surface area contributed by atoms with E-state index < -0.39 is 41.3 Å². The van der Waals surface area contributed by atoms with Gasteiger partial charge in [0.25, 0.3) is 0 Å². The van der Waals surface area contributed by atoms with Crippen LogP contribution in [0, 0.1) is 33.9 Å². The van der Waals surface area contributed by atoms with Crippen molar-refractivity contribution in [3.8, 4) is 17.9 Å². The van der Waals surface area contributed by atoms with Crippen LogP contribution in [-0.2, 0) is 50.9 Å². The van der Waals surface area contributed by atoms with Gasteiger partial charge in [0, 0.05) is 66.6 Å². The zero-order chi connectivity index (χ0) is 52.0. The minimum atomic E-state index is -1.51. The Bertz CT molecular complexity index is 2780. The van der Waals surface area contributed by atoms with E-state index in [1.165, 1.54) is 36.4 Å². The smallest absolute Gasteiger partial charge is 0.343 e. The van der Waals surface area contributed by atoms with Crippen LogP contribution in [0.3, 0.4) is 0 Å². The van der Waals surface area contributed by atoms with Crippen molar-refractivity contribution >= 4 is 35.3 Å². The molecule has 0 heterocycles. The average Bonchev–Trinajstić information content (AvgIpc) is 3.39. The number of anilines is 2. The summed E-state index contributed by atoms with van der Waals surface area (Å²) in [6, 6.07) is 22.3. The van der Waals surface area contributed by atoms with Crippen molar-refractivity contribution in [2.24, 2.45) is 5.41 Å². The van der Waals surface area contributed by atoms with E-state index in [4.69, 9.17) is 50.4 Å². The maximum Gasteiger partial charge on any atom is 0.343 e. The predicted octanol–water partition coefficient (Wildman–Crippen LogP) is 10.1. The number of nitriles is 2. The van der Waals surface area contributed by atoms with Gasteiger partial charge in [0.15, 0.2) is 17.7 Å². The van der Waals surface area contributed by atoms with E-state index in [-0.39, 0.29) is 61.9 Å². The van der Waals surface area contributed by atoms with Crippen molar-refractivity contribution in [3.63, 3.8) is 0 Å². The Morgan fingerprint density at radius 1 is 0.658 bits per heavy atom. The van der Waals surface area contributed by atoms with E-state index in [2.05, 4.69) is 0 Å². The molecule has 0 saturated carbocycles. The van der Waals surface area contributed by atoms with Gasteiger partial charge in [-0.15, -0.1) is 0 Å². The molecule has 3 aliphatic carbocycles. The standard InChI is InChI=1S/C57H56F2N4O10/c58-49-33-43(15-25-51(49)68-31-3-1-29-60)55(66)72-47-21-9-39(10-22-47)13-27-53(64)70-37-57(35-41-5-17-45(62)18-6-41,36-42-7-19-46(63)20-8-42)38-71-54(65)28-14-40-11-23-48(24-12-40)73-56(67)44-16-26-52(50(59)34-44)69-32-4-2-30-61/h5-9,11,13-21,23,25-28,33,50H,1-4,10,12,22,24,31-32,34-38,62-63H2/b27-13+,28-14+. The van der Waals surface area contributed by atoms with E-state index in [0.29, 0.717) is 80.7 Å². The largest absolute Gasteiger partial charge is 0.495 e. The van der Waals surface area contributed by atoms with Crippen molar-refractivity contribution < 1.29 is 56.4 Å². The zero-order valence-corrected chi connectivity index (χ0v) is 40.2. The third-order valence-corrected chi connectivity index (χ3v) is 11.7. The molecule has 1 unspecified atom stereocenters. The van der Waals surface area contributed by atoms with Crippen LogP contribution in [0.25, 0.3) is 0 Å². The van der Waals surface area contributed by atoms with Crippen LogP contribution < -0.4 is 16.2 Å². The average molecular weight is 995 g/mol. The Morgan fingerprint density at radius 2 is 1.18 bits per heavy atom. The van der Waals surface area contributed by atoms with Gasteiger partial charge in [-0.05, 0) is 128 Å². The van der Waals surface area contributed by atoms with Gasteiger partial charge in [0.1, 0.15) is 30.5 Å². The minimum absolute atomic E-state index is 0.00201. The summed E-state index contributed by atoms with van der Waals surface area (Å²) in [5.41, 5.74) is 15.6. The summed E-state index contributed by atoms with van der Waals surface area (Å²) in [6.45, 7) is 0.0730. The van der Waals surface area contributed by atoms with Gasteiger partial charge in [-0.25, -0.2) is 28.0 Å². The molecule has 378 valence electrons. The lowest BCUT2D eigenvalue weighted by atomic mass is 9.77. The highest BCUT2D eigenvalue weighted by Crippen LogP contribution is 2.32. The highest BCUT2D eigenvalue weighted by Gasteiger charge is 2.35. The lowest BCUT2D eigenvalue weighted by Crippen LogP contribution is -2.38. The molecule has 73 heavy (non-hydrogen) atoms. The number of halogens is 2. The summed E-state index contributed by atoms with van der Waals surface area (Å²) in [5.74, 6) is -2.59. The molecule has 1 atom stereocenters. The minimum Gasteiger partial charge on any atom is -0.495 e. The number of hydrogen-bond donors (Lipinski definition) is 2. The number of hydrogen-bond acceptors (Lipinski definition) is 14. The van der Waals surface area contributed by atoms with Crippen LogP contribution in [0.5, 0.6) is 5.75 Å². The summed E-state index contributed by atoms with van der Waals surface area (Å²) >= 11 is 0. The fourth-order valence-corrected chi connectivity index (χ4v) is 7.78. The number of nitrogens with zero attached hydrogens (tertiary/aromatic N) is 2. The van der Waals surface area contributed by atoms with Crippen LogP contribution in [0.15, 0.2) is 161 Å². The fourth-order valence-electron chi connectivity index (χ4n) is 7.78. The number of nitrogen functional groups attached to an aromatic ring is 2. The summed E-state index contributed by atoms with van der Waals surface area (Å²) in [5, 5.41) is 17.3. The molecule has 0 bridgehead atoms. The van der Waals surface area contributed by atoms with Gasteiger partial charge in [0.2, 0.25) is 0 Å². The number of alkyl halides is 1. The molecule has 0 aromatic heterocycles. The first-order valence-corrected chi connectivity index (χ1v) is 23.8. The van der Waals surface area contributed by atoms with E-state index in [9.17, 15) is 28.0 Å². The maximum atomic E-state index is 14.7. The number of benzene rings is 3. The van der Waals surface area contributed by atoms with Gasteiger partial charge < -0.3 is 39.9 Å². The van der Waals surface area contributed by atoms with Crippen LogP contribution >= 0.6 is 0 Å². The number of ether oxygens (including phenoxy) is 6. The second kappa shape index (κ2) is 27.2. The lowest BCUT2D eigenvalue weighted by Gasteiger charge is -2.33. The van der Waals surface area contributed by atoms with Gasteiger partial charge in [0.05, 0.1) is 30.9 Å². The summed E-state index contributed by atoms with van der Waals surface area (Å²) in [6.07, 6.45) is 17.3. The van der Waals surface area contributed by atoms with E-state index in [1.807, 2.05) is 36.4 Å². The summed E-state index contributed by atoms with van der Waals surface area (Å²) < 4.78 is 63.0. The Kier molecular flexibility index (Phi) is 20.1. The quantitative estimate of drug-likeness (QED) is 0.0280. The topological polar surface area (TPSA) is 223 Å². The van der Waals surface area contributed by atoms with Crippen LogP contribution in [0.1, 0.15) is 79.3 Å². The molecule has 0 radical (unpaired) electrons. The van der Waals surface area contributed by atoms with Crippen molar-refractivity contribution in [3.05, 3.63) is 184 Å². The molecule has 3 aromatic carbocycles. The van der Waals surface area contributed by atoms with Crippen LogP contribution in [0.4, 0.5) is 20.2 Å². The maximum absolute atomic E-state index is 14.7. The molecule has 16 heteroatoms. The molecular weight excluding hydrogens is 939 g/mol. The second-order valence-corrected chi connectivity index (χ2v) is 17.5. The molecule has 6 rings (SSSR count). The number of carbonyl (C=O) groups excluding carboxylic acids is 4. The fraction of sp³-hybridized carbons (Fsp3) is 0.298. The summed E-state index contributed by atoms with van der Waals surface area (Å²) in [7, 11) is 0. The Morgan fingerprint density at radius 3 is 1.66 bits per heavy atom. The first-order chi connectivity index (χ1) is 35.3. The second-order valence-electron chi connectivity index (χ2n) is 17.5. The Balaban J connectivity index is 1.08. The Hall–Kier alpha value is -8.50. The van der Waals surface area contributed by atoms with Gasteiger partial charge in [-0.3, -0.25) is 0 Å². The molecule has 14 nitrogen and oxygen atoms in total. The van der Waals surface area contributed by atoms with E-state index in [1.54, 1.807) is 60.7 Å². The SMILES string of the molecule is N#CCCCOC1=CC=C(C(=O)OC2=CC=C(/C=C/C(=O)OCC(COC(=O)/C=C/C3=CC=C(OC(=O)c4ccc(OCCCC#N)c(F)c4)CC3)(Cc3ccc(N)cc3)Cc3ccc(N)cc3)CC2)CC1F. The number of esters is 4. The highest BCUT2D eigenvalue weighted by atomic mass is 19.1. The molecule has 0 amide bonds. The number of rotatable bonds is 24. The number of carbonyl (C=O) groups is 4. The molecule has 3 aromatic rings. The van der Waals surface area contributed by atoms with Crippen LogP contribution in [0.2, 0.25) is 0 Å². The lowest BCUT2D eigenvalue weighted by molar-refractivity contribution is -0.148. The number of allylic oxidation sites excluding steroid dienone is 13.